The quantitative estimate of drug-likeness (QED) is 0.725. The van der Waals surface area contributed by atoms with Crippen LogP contribution < -0.4 is 5.73 Å². The molecule has 2 rings (SSSR count). The molecule has 0 aromatic rings. The maximum atomic E-state index is 6.06. The fourth-order valence-electron chi connectivity index (χ4n) is 3.32. The van der Waals surface area contributed by atoms with E-state index in [1.54, 1.807) is 0 Å². The number of nitrogens with two attached hydrogens (primary N) is 1. The molecule has 1 aliphatic heterocycles. The van der Waals surface area contributed by atoms with E-state index in [-0.39, 0.29) is 0 Å². The van der Waals surface area contributed by atoms with Gasteiger partial charge in [0.15, 0.2) is 0 Å². The van der Waals surface area contributed by atoms with Crippen LogP contribution in [0.5, 0.6) is 0 Å². The first-order valence-corrected chi connectivity index (χ1v) is 6.77. The Hall–Kier alpha value is -0.0800. The summed E-state index contributed by atoms with van der Waals surface area (Å²) in [6, 6.07) is 0. The Morgan fingerprint density at radius 2 is 1.47 bits per heavy atom. The third kappa shape index (κ3) is 2.94. The molecule has 2 N–H and O–H groups in total. The van der Waals surface area contributed by atoms with Gasteiger partial charge in [-0.2, -0.15) is 0 Å². The topological polar surface area (TPSA) is 29.3 Å². The van der Waals surface area contributed by atoms with Crippen LogP contribution in [0.1, 0.15) is 51.4 Å². The molecule has 2 nitrogen and oxygen atoms in total. The lowest BCUT2D eigenvalue weighted by atomic mass is 9.80. The summed E-state index contributed by atoms with van der Waals surface area (Å²) in [5.41, 5.74) is 6.53. The third-order valence-electron chi connectivity index (χ3n) is 4.35. The molecule has 0 atom stereocenters. The van der Waals surface area contributed by atoms with E-state index >= 15 is 0 Å². The van der Waals surface area contributed by atoms with E-state index in [1.165, 1.54) is 71.0 Å². The molecular formula is C13H26N2. The molecule has 15 heavy (non-hydrogen) atoms. The number of likely N-dealkylation sites (tertiary alicyclic amines) is 1. The van der Waals surface area contributed by atoms with Crippen molar-refractivity contribution in [3.05, 3.63) is 0 Å². The van der Waals surface area contributed by atoms with Crippen LogP contribution in [0.15, 0.2) is 0 Å². The summed E-state index contributed by atoms with van der Waals surface area (Å²) in [5, 5.41) is 0. The molecule has 2 aliphatic rings. The van der Waals surface area contributed by atoms with Crippen LogP contribution in [0.4, 0.5) is 0 Å². The Bertz CT molecular complexity index is 177. The number of nitrogens with zero attached hydrogens (tertiary/aromatic N) is 1. The van der Waals surface area contributed by atoms with E-state index in [4.69, 9.17) is 5.73 Å². The molecule has 2 heteroatoms. The Balaban J connectivity index is 1.92. The first-order chi connectivity index (χ1) is 7.35. The van der Waals surface area contributed by atoms with Crippen LogP contribution in [0.25, 0.3) is 0 Å². The predicted molar refractivity (Wildman–Crippen MR) is 64.9 cm³/mol. The minimum Gasteiger partial charge on any atom is -0.330 e. The molecule has 0 spiro atoms. The van der Waals surface area contributed by atoms with Crippen molar-refractivity contribution < 1.29 is 0 Å². The van der Waals surface area contributed by atoms with Crippen molar-refractivity contribution in [2.45, 2.75) is 51.4 Å². The summed E-state index contributed by atoms with van der Waals surface area (Å²) >= 11 is 0. The largest absolute Gasteiger partial charge is 0.330 e. The molecule has 0 aromatic heterocycles. The van der Waals surface area contributed by atoms with Crippen molar-refractivity contribution in [3.8, 4) is 0 Å². The van der Waals surface area contributed by atoms with Gasteiger partial charge in [-0.15, -0.1) is 0 Å². The van der Waals surface area contributed by atoms with E-state index in [0.717, 1.165) is 6.54 Å². The normalized spacial score (nSPS) is 27.8. The maximum absolute atomic E-state index is 6.06. The standard InChI is InChI=1S/C13H26N2/c14-11-13(7-3-1-2-4-8-13)12-15-9-5-6-10-15/h1-12,14H2. The first-order valence-electron chi connectivity index (χ1n) is 6.77. The summed E-state index contributed by atoms with van der Waals surface area (Å²) in [6.07, 6.45) is 11.2. The Morgan fingerprint density at radius 1 is 0.867 bits per heavy atom. The molecule has 0 amide bonds. The minimum absolute atomic E-state index is 0.473. The highest BCUT2D eigenvalue weighted by Crippen LogP contribution is 2.35. The Kier molecular flexibility index (Phi) is 4.04. The van der Waals surface area contributed by atoms with Crippen molar-refractivity contribution in [2.75, 3.05) is 26.2 Å². The molecule has 0 unspecified atom stereocenters. The van der Waals surface area contributed by atoms with Crippen molar-refractivity contribution in [3.63, 3.8) is 0 Å². The van der Waals surface area contributed by atoms with Crippen LogP contribution in [0.3, 0.4) is 0 Å². The van der Waals surface area contributed by atoms with Gasteiger partial charge in [0.05, 0.1) is 0 Å². The maximum Gasteiger partial charge on any atom is 0.00501 e. The zero-order valence-electron chi connectivity index (χ0n) is 10.0. The second kappa shape index (κ2) is 5.31. The molecule has 1 saturated heterocycles. The fraction of sp³-hybridized carbons (Fsp3) is 1.00. The SMILES string of the molecule is NCC1(CN2CCCC2)CCCCCC1. The fourth-order valence-corrected chi connectivity index (χ4v) is 3.32. The van der Waals surface area contributed by atoms with Crippen molar-refractivity contribution in [2.24, 2.45) is 11.1 Å². The van der Waals surface area contributed by atoms with Crippen LogP contribution in [0.2, 0.25) is 0 Å². The van der Waals surface area contributed by atoms with Gasteiger partial charge < -0.3 is 10.6 Å². The second-order valence-electron chi connectivity index (χ2n) is 5.60. The molecule has 1 saturated carbocycles. The van der Waals surface area contributed by atoms with Crippen molar-refractivity contribution in [1.29, 1.82) is 0 Å². The molecule has 0 bridgehead atoms. The minimum atomic E-state index is 0.473. The highest BCUT2D eigenvalue weighted by atomic mass is 15.1. The van der Waals surface area contributed by atoms with Gasteiger partial charge in [0.25, 0.3) is 0 Å². The van der Waals surface area contributed by atoms with Crippen molar-refractivity contribution in [1.82, 2.24) is 4.90 Å². The van der Waals surface area contributed by atoms with Gasteiger partial charge in [-0.1, -0.05) is 25.7 Å². The van der Waals surface area contributed by atoms with E-state index in [0.29, 0.717) is 5.41 Å². The molecular weight excluding hydrogens is 184 g/mol. The summed E-state index contributed by atoms with van der Waals surface area (Å²) in [5.74, 6) is 0. The van der Waals surface area contributed by atoms with E-state index in [9.17, 15) is 0 Å². The zero-order chi connectivity index (χ0) is 10.6. The van der Waals surface area contributed by atoms with Gasteiger partial charge >= 0.3 is 0 Å². The lowest BCUT2D eigenvalue weighted by Crippen LogP contribution is -2.41. The third-order valence-corrected chi connectivity index (χ3v) is 4.35. The first kappa shape index (κ1) is 11.4. The van der Waals surface area contributed by atoms with E-state index < -0.39 is 0 Å². The predicted octanol–water partition coefficient (Wildman–Crippen LogP) is 2.38. The molecule has 0 aromatic carbocycles. The average molecular weight is 210 g/mol. The number of hydrogen-bond acceptors (Lipinski definition) is 2. The molecule has 88 valence electrons. The summed E-state index contributed by atoms with van der Waals surface area (Å²) in [6.45, 7) is 4.83. The number of rotatable bonds is 3. The monoisotopic (exact) mass is 210 g/mol. The summed E-state index contributed by atoms with van der Waals surface area (Å²) in [4.78, 5) is 2.65. The highest BCUT2D eigenvalue weighted by Gasteiger charge is 2.32. The van der Waals surface area contributed by atoms with Gasteiger partial charge in [0.2, 0.25) is 0 Å². The van der Waals surface area contributed by atoms with Gasteiger partial charge in [-0.3, -0.25) is 0 Å². The zero-order valence-corrected chi connectivity index (χ0v) is 10.0. The van der Waals surface area contributed by atoms with Crippen LogP contribution >= 0.6 is 0 Å². The average Bonchev–Trinajstić information content (AvgIpc) is 2.64. The van der Waals surface area contributed by atoms with E-state index in [2.05, 4.69) is 4.90 Å². The molecule has 0 radical (unpaired) electrons. The van der Waals surface area contributed by atoms with Gasteiger partial charge in [-0.05, 0) is 50.7 Å². The molecule has 1 aliphatic carbocycles. The smallest absolute Gasteiger partial charge is 0.00501 e. The lowest BCUT2D eigenvalue weighted by Gasteiger charge is -2.35. The summed E-state index contributed by atoms with van der Waals surface area (Å²) in [7, 11) is 0. The summed E-state index contributed by atoms with van der Waals surface area (Å²) < 4.78 is 0. The molecule has 2 fully saturated rings. The highest BCUT2D eigenvalue weighted by molar-refractivity contribution is 4.86. The van der Waals surface area contributed by atoms with E-state index in [1.807, 2.05) is 0 Å². The number of hydrogen-bond donors (Lipinski definition) is 1. The van der Waals surface area contributed by atoms with Gasteiger partial charge in [-0.25, -0.2) is 0 Å². The lowest BCUT2D eigenvalue weighted by molar-refractivity contribution is 0.157. The van der Waals surface area contributed by atoms with Gasteiger partial charge in [0.1, 0.15) is 0 Å². The Labute approximate surface area is 94.2 Å². The second-order valence-corrected chi connectivity index (χ2v) is 5.60. The van der Waals surface area contributed by atoms with Gasteiger partial charge in [0, 0.05) is 6.54 Å². The van der Waals surface area contributed by atoms with Crippen LogP contribution in [0, 0.1) is 5.41 Å². The van der Waals surface area contributed by atoms with Crippen molar-refractivity contribution >= 4 is 0 Å². The van der Waals surface area contributed by atoms with Crippen LogP contribution in [-0.4, -0.2) is 31.1 Å². The van der Waals surface area contributed by atoms with Crippen LogP contribution in [-0.2, 0) is 0 Å². The molecule has 1 heterocycles. The Morgan fingerprint density at radius 3 is 2.00 bits per heavy atom.